The first kappa shape index (κ1) is 24.8. The van der Waals surface area contributed by atoms with E-state index in [0.29, 0.717) is 29.8 Å². The Labute approximate surface area is 214 Å². The minimum absolute atomic E-state index is 0.0224. The van der Waals surface area contributed by atoms with E-state index in [1.165, 1.54) is 0 Å². The van der Waals surface area contributed by atoms with Crippen molar-refractivity contribution in [2.45, 2.75) is 44.0 Å². The van der Waals surface area contributed by atoms with Crippen LogP contribution in [-0.2, 0) is 21.8 Å². The number of nitrogens with one attached hydrogen (secondary N) is 1. The van der Waals surface area contributed by atoms with Gasteiger partial charge in [-0.2, -0.15) is 13.2 Å². The van der Waals surface area contributed by atoms with Gasteiger partial charge in [-0.1, -0.05) is 64.8 Å². The Morgan fingerprint density at radius 2 is 1.75 bits per heavy atom. The molecule has 1 unspecified atom stereocenters. The summed E-state index contributed by atoms with van der Waals surface area (Å²) >= 11 is 11.6. The number of hydrogen-bond acceptors (Lipinski definition) is 3. The fourth-order valence-corrected chi connectivity index (χ4v) is 4.94. The molecular formula is C26H20Cl2F4N2O2. The lowest BCUT2D eigenvalue weighted by molar-refractivity contribution is -0.275. The zero-order valence-electron chi connectivity index (χ0n) is 18.8. The molecule has 188 valence electrons. The Morgan fingerprint density at radius 1 is 1.08 bits per heavy atom. The highest BCUT2D eigenvalue weighted by atomic mass is 35.5. The summed E-state index contributed by atoms with van der Waals surface area (Å²) in [4.78, 5) is 17.2. The van der Waals surface area contributed by atoms with Crippen LogP contribution < -0.4 is 5.32 Å². The van der Waals surface area contributed by atoms with Gasteiger partial charge in [-0.15, -0.1) is 0 Å². The van der Waals surface area contributed by atoms with E-state index >= 15 is 0 Å². The predicted molar refractivity (Wildman–Crippen MR) is 130 cm³/mol. The highest BCUT2D eigenvalue weighted by molar-refractivity contribution is 6.35. The number of oxime groups is 1. The van der Waals surface area contributed by atoms with Gasteiger partial charge in [-0.3, -0.25) is 4.79 Å². The second kappa shape index (κ2) is 9.23. The molecule has 1 aliphatic heterocycles. The molecule has 0 radical (unpaired) electrons. The smallest absolute Gasteiger partial charge is 0.374 e. The molecule has 3 aromatic carbocycles. The molecule has 1 atom stereocenters. The number of nitrogens with zero attached hydrogens (tertiary/aromatic N) is 1. The number of rotatable bonds is 6. The first-order valence-corrected chi connectivity index (χ1v) is 12.1. The van der Waals surface area contributed by atoms with Gasteiger partial charge in [0.25, 0.3) is 5.60 Å². The average molecular weight is 539 g/mol. The third-order valence-electron chi connectivity index (χ3n) is 6.61. The van der Waals surface area contributed by atoms with Gasteiger partial charge in [-0.05, 0) is 47.2 Å². The van der Waals surface area contributed by atoms with Crippen LogP contribution in [0.4, 0.5) is 17.6 Å². The number of benzene rings is 3. The summed E-state index contributed by atoms with van der Waals surface area (Å²) in [6.45, 7) is 0.300. The molecule has 1 aliphatic carbocycles. The van der Waals surface area contributed by atoms with E-state index in [2.05, 4.69) is 10.5 Å². The summed E-state index contributed by atoms with van der Waals surface area (Å²) in [5.74, 6) is -0.570. The molecule has 0 spiro atoms. The van der Waals surface area contributed by atoms with Gasteiger partial charge in [0.1, 0.15) is 0 Å². The fourth-order valence-electron chi connectivity index (χ4n) is 4.45. The third kappa shape index (κ3) is 4.52. The van der Waals surface area contributed by atoms with Crippen LogP contribution in [0.25, 0.3) is 10.8 Å². The Hall–Kier alpha value is -2.84. The number of amides is 1. The van der Waals surface area contributed by atoms with Crippen molar-refractivity contribution in [1.82, 2.24) is 5.32 Å². The molecule has 0 aromatic heterocycles. The molecule has 4 nitrogen and oxygen atoms in total. The van der Waals surface area contributed by atoms with Gasteiger partial charge in [-0.25, -0.2) is 4.39 Å². The van der Waals surface area contributed by atoms with E-state index in [1.807, 2.05) is 12.1 Å². The Balaban J connectivity index is 1.48. The molecule has 0 bridgehead atoms. The van der Waals surface area contributed by atoms with Crippen LogP contribution in [0.15, 0.2) is 53.7 Å². The molecule has 1 heterocycles. The first-order valence-electron chi connectivity index (χ1n) is 11.3. The molecule has 1 saturated carbocycles. The first-order chi connectivity index (χ1) is 17.1. The number of hydrogen-bond donors (Lipinski definition) is 1. The topological polar surface area (TPSA) is 50.7 Å². The van der Waals surface area contributed by atoms with Gasteiger partial charge < -0.3 is 10.2 Å². The molecular weight excluding hydrogens is 519 g/mol. The fraction of sp³-hybridized carbons (Fsp3) is 0.308. The maximum absolute atomic E-state index is 14.4. The van der Waals surface area contributed by atoms with Crippen LogP contribution in [0.3, 0.4) is 0 Å². The van der Waals surface area contributed by atoms with Crippen molar-refractivity contribution in [2.75, 3.05) is 0 Å². The van der Waals surface area contributed by atoms with Crippen molar-refractivity contribution in [2.24, 2.45) is 11.1 Å². The quantitative estimate of drug-likeness (QED) is 0.264. The molecule has 1 amide bonds. The standard InChI is InChI=1S/C26H20Cl2F4N2O2/c27-20-10-16(11-21(28)24(20)29)25(26(30,31)32)12-22(34-36-25)19-8-7-15(17-3-1-2-4-18(17)19)13-33-23(35)9-14-5-6-14/h1-4,7-8,10-11,14H,5-6,9,12-13H2,(H,33,35). The summed E-state index contributed by atoms with van der Waals surface area (Å²) in [6.07, 6.45) is -2.91. The van der Waals surface area contributed by atoms with Crippen molar-refractivity contribution in [3.63, 3.8) is 0 Å². The van der Waals surface area contributed by atoms with Gasteiger partial charge in [0.15, 0.2) is 5.82 Å². The Kier molecular flexibility index (Phi) is 6.37. The normalized spacial score (nSPS) is 19.8. The molecule has 1 N–H and O–H groups in total. The summed E-state index contributed by atoms with van der Waals surface area (Å²) in [5.41, 5.74) is -1.95. The molecule has 1 fully saturated rings. The second-order valence-corrected chi connectivity index (χ2v) is 9.94. The van der Waals surface area contributed by atoms with Crippen LogP contribution in [0.5, 0.6) is 0 Å². The SMILES string of the molecule is O=C(CC1CC1)NCc1ccc(C2=NOC(c3cc(Cl)c(F)c(Cl)c3)(C(F)(F)F)C2)c2ccccc12. The van der Waals surface area contributed by atoms with Crippen molar-refractivity contribution >= 4 is 45.6 Å². The molecule has 5 rings (SSSR count). The molecule has 10 heteroatoms. The van der Waals surface area contributed by atoms with Crippen LogP contribution in [-0.4, -0.2) is 17.8 Å². The van der Waals surface area contributed by atoms with Crippen molar-refractivity contribution < 1.29 is 27.2 Å². The minimum atomic E-state index is -4.90. The number of halogens is 6. The highest BCUT2D eigenvalue weighted by Crippen LogP contribution is 2.50. The summed E-state index contributed by atoms with van der Waals surface area (Å²) in [5, 5.41) is 7.11. The maximum Gasteiger partial charge on any atom is 0.435 e. The number of carbonyl (C=O) groups excluding carboxylic acids is 1. The van der Waals surface area contributed by atoms with Crippen LogP contribution in [0, 0.1) is 11.7 Å². The maximum atomic E-state index is 14.4. The summed E-state index contributed by atoms with van der Waals surface area (Å²) < 4.78 is 57.1. The Morgan fingerprint density at radius 3 is 2.39 bits per heavy atom. The minimum Gasteiger partial charge on any atom is -0.374 e. The molecule has 0 saturated heterocycles. The van der Waals surface area contributed by atoms with Gasteiger partial charge >= 0.3 is 6.18 Å². The van der Waals surface area contributed by atoms with Crippen molar-refractivity contribution in [3.05, 3.63) is 81.1 Å². The van der Waals surface area contributed by atoms with Crippen LogP contribution in [0.2, 0.25) is 10.0 Å². The lowest BCUT2D eigenvalue weighted by atomic mass is 9.85. The monoisotopic (exact) mass is 538 g/mol. The van der Waals surface area contributed by atoms with E-state index in [9.17, 15) is 22.4 Å². The molecule has 2 aliphatic rings. The highest BCUT2D eigenvalue weighted by Gasteiger charge is 2.62. The van der Waals surface area contributed by atoms with E-state index in [4.69, 9.17) is 28.0 Å². The predicted octanol–water partition coefficient (Wildman–Crippen LogP) is 7.28. The largest absolute Gasteiger partial charge is 0.435 e. The lowest BCUT2D eigenvalue weighted by Crippen LogP contribution is -2.42. The molecule has 3 aromatic rings. The molecule has 36 heavy (non-hydrogen) atoms. The van der Waals surface area contributed by atoms with Crippen LogP contribution >= 0.6 is 23.2 Å². The van der Waals surface area contributed by atoms with Gasteiger partial charge in [0.05, 0.1) is 15.8 Å². The summed E-state index contributed by atoms with van der Waals surface area (Å²) in [6, 6.07) is 12.4. The lowest BCUT2D eigenvalue weighted by Gasteiger charge is -2.29. The second-order valence-electron chi connectivity index (χ2n) is 9.13. The van der Waals surface area contributed by atoms with Crippen molar-refractivity contribution in [1.29, 1.82) is 0 Å². The average Bonchev–Trinajstić information content (AvgIpc) is 3.52. The number of fused-ring (bicyclic) bond motifs is 1. The van der Waals surface area contributed by atoms with Crippen LogP contribution in [0.1, 0.15) is 42.4 Å². The summed E-state index contributed by atoms with van der Waals surface area (Å²) in [7, 11) is 0. The van der Waals surface area contributed by atoms with Crippen molar-refractivity contribution in [3.8, 4) is 0 Å². The van der Waals surface area contributed by atoms with E-state index in [-0.39, 0.29) is 11.6 Å². The number of alkyl halides is 3. The zero-order valence-corrected chi connectivity index (χ0v) is 20.3. The Bertz CT molecular complexity index is 1370. The van der Waals surface area contributed by atoms with E-state index < -0.39 is 39.6 Å². The zero-order chi connectivity index (χ0) is 25.7. The van der Waals surface area contributed by atoms with E-state index in [1.54, 1.807) is 24.3 Å². The van der Waals surface area contributed by atoms with Gasteiger partial charge in [0.2, 0.25) is 5.91 Å². The van der Waals surface area contributed by atoms with Gasteiger partial charge in [0, 0.05) is 30.5 Å². The number of carbonyl (C=O) groups is 1. The van der Waals surface area contributed by atoms with E-state index in [0.717, 1.165) is 35.9 Å². The third-order valence-corrected chi connectivity index (χ3v) is 7.16.